The predicted octanol–water partition coefficient (Wildman–Crippen LogP) is 5.17. The van der Waals surface area contributed by atoms with Crippen LogP contribution < -0.4 is 15.6 Å². The molecule has 5 rings (SSSR count). The van der Waals surface area contributed by atoms with Gasteiger partial charge >= 0.3 is 0 Å². The van der Waals surface area contributed by atoms with Crippen molar-refractivity contribution in [3.8, 4) is 11.3 Å². The van der Waals surface area contributed by atoms with Gasteiger partial charge < -0.3 is 19.4 Å². The molecule has 6 nitrogen and oxygen atoms in total. The Labute approximate surface area is 197 Å². The first-order valence-corrected chi connectivity index (χ1v) is 11.4. The SMILES string of the molecule is Cc1cc(C)c2oc(-c3ccc(C(=O)Nc4ccccc4N4CCOCC4)cc3)cc(=O)c2c1. The van der Waals surface area contributed by atoms with E-state index in [1.165, 1.54) is 6.07 Å². The molecule has 6 heteroatoms. The number of anilines is 2. The van der Waals surface area contributed by atoms with Crippen molar-refractivity contribution < 1.29 is 13.9 Å². The number of benzene rings is 3. The molecule has 0 unspecified atom stereocenters. The third kappa shape index (κ3) is 4.32. The lowest BCUT2D eigenvalue weighted by atomic mass is 10.1. The van der Waals surface area contributed by atoms with Gasteiger partial charge in [-0.2, -0.15) is 0 Å². The van der Waals surface area contributed by atoms with E-state index in [0.29, 0.717) is 35.5 Å². The van der Waals surface area contributed by atoms with Gasteiger partial charge in [-0.15, -0.1) is 0 Å². The minimum atomic E-state index is -0.196. The highest BCUT2D eigenvalue weighted by Gasteiger charge is 2.17. The first-order valence-electron chi connectivity index (χ1n) is 11.4. The molecule has 34 heavy (non-hydrogen) atoms. The van der Waals surface area contributed by atoms with Gasteiger partial charge in [0, 0.05) is 30.3 Å². The number of ether oxygens (including phenoxy) is 1. The molecular formula is C28H26N2O4. The lowest BCUT2D eigenvalue weighted by molar-refractivity contribution is 0.102. The Kier molecular flexibility index (Phi) is 5.90. The molecule has 1 amide bonds. The Morgan fingerprint density at radius 3 is 2.44 bits per heavy atom. The molecular weight excluding hydrogens is 428 g/mol. The van der Waals surface area contributed by atoms with Crippen molar-refractivity contribution in [1.82, 2.24) is 0 Å². The van der Waals surface area contributed by atoms with Crippen molar-refractivity contribution in [3.05, 3.63) is 93.6 Å². The molecule has 1 fully saturated rings. The number of nitrogens with zero attached hydrogens (tertiary/aromatic N) is 1. The number of rotatable bonds is 4. The quantitative estimate of drug-likeness (QED) is 0.461. The molecule has 4 aromatic rings. The summed E-state index contributed by atoms with van der Waals surface area (Å²) >= 11 is 0. The zero-order valence-electron chi connectivity index (χ0n) is 19.3. The molecule has 0 aliphatic carbocycles. The smallest absolute Gasteiger partial charge is 0.255 e. The standard InChI is InChI=1S/C28H26N2O4/c1-18-15-19(2)27-22(16-18)25(31)17-26(34-27)20-7-9-21(10-8-20)28(32)29-23-5-3-4-6-24(23)30-11-13-33-14-12-30/h3-10,15-17H,11-14H2,1-2H3,(H,29,32). The van der Waals surface area contributed by atoms with E-state index < -0.39 is 0 Å². The largest absolute Gasteiger partial charge is 0.456 e. The van der Waals surface area contributed by atoms with E-state index in [1.807, 2.05) is 50.2 Å². The highest BCUT2D eigenvalue weighted by Crippen LogP contribution is 2.28. The summed E-state index contributed by atoms with van der Waals surface area (Å²) in [7, 11) is 0. The molecule has 0 spiro atoms. The van der Waals surface area contributed by atoms with E-state index in [4.69, 9.17) is 9.15 Å². The Hall–Kier alpha value is -3.90. The Morgan fingerprint density at radius 2 is 1.68 bits per heavy atom. The van der Waals surface area contributed by atoms with Crippen LogP contribution in [-0.4, -0.2) is 32.2 Å². The van der Waals surface area contributed by atoms with E-state index in [2.05, 4.69) is 10.2 Å². The van der Waals surface area contributed by atoms with Crippen molar-refractivity contribution in [2.24, 2.45) is 0 Å². The van der Waals surface area contributed by atoms with Crippen molar-refractivity contribution in [1.29, 1.82) is 0 Å². The number of morpholine rings is 1. The van der Waals surface area contributed by atoms with E-state index >= 15 is 0 Å². The number of fused-ring (bicyclic) bond motifs is 1. The fourth-order valence-corrected chi connectivity index (χ4v) is 4.39. The topological polar surface area (TPSA) is 71.8 Å². The molecule has 172 valence electrons. The van der Waals surface area contributed by atoms with Gasteiger partial charge in [0.05, 0.1) is 30.0 Å². The molecule has 0 bridgehead atoms. The molecule has 1 saturated heterocycles. The van der Waals surface area contributed by atoms with Crippen LogP contribution in [0.2, 0.25) is 0 Å². The van der Waals surface area contributed by atoms with Crippen molar-refractivity contribution in [2.75, 3.05) is 36.5 Å². The Morgan fingerprint density at radius 1 is 0.941 bits per heavy atom. The molecule has 1 aliphatic rings. The van der Waals surface area contributed by atoms with Crippen molar-refractivity contribution >= 4 is 28.3 Å². The van der Waals surface area contributed by atoms with Crippen LogP contribution in [0.15, 0.2) is 75.9 Å². The maximum Gasteiger partial charge on any atom is 0.255 e. The summed E-state index contributed by atoms with van der Waals surface area (Å²) in [5.41, 5.74) is 5.47. The summed E-state index contributed by atoms with van der Waals surface area (Å²) < 4.78 is 11.5. The van der Waals surface area contributed by atoms with Crippen molar-refractivity contribution in [2.45, 2.75) is 13.8 Å². The number of aryl methyl sites for hydroxylation is 2. The van der Waals surface area contributed by atoms with E-state index in [9.17, 15) is 9.59 Å². The molecule has 1 aliphatic heterocycles. The second kappa shape index (κ2) is 9.15. The van der Waals surface area contributed by atoms with Gasteiger partial charge in [-0.3, -0.25) is 9.59 Å². The normalized spacial score (nSPS) is 13.8. The number of hydrogen-bond acceptors (Lipinski definition) is 5. The number of carbonyl (C=O) groups excluding carboxylic acids is 1. The van der Waals surface area contributed by atoms with E-state index in [0.717, 1.165) is 41.2 Å². The van der Waals surface area contributed by atoms with Gasteiger partial charge in [-0.25, -0.2) is 0 Å². The first kappa shape index (κ1) is 21.9. The van der Waals surface area contributed by atoms with Gasteiger partial charge in [0.1, 0.15) is 11.3 Å². The maximum atomic E-state index is 13.0. The summed E-state index contributed by atoms with van der Waals surface area (Å²) in [6.07, 6.45) is 0. The number of hydrogen-bond donors (Lipinski definition) is 1. The van der Waals surface area contributed by atoms with E-state index in [-0.39, 0.29) is 11.3 Å². The zero-order valence-corrected chi connectivity index (χ0v) is 19.3. The average Bonchev–Trinajstić information content (AvgIpc) is 2.85. The van der Waals surface area contributed by atoms with Crippen LogP contribution in [0.1, 0.15) is 21.5 Å². The van der Waals surface area contributed by atoms with E-state index in [1.54, 1.807) is 24.3 Å². The molecule has 1 N–H and O–H groups in total. The Bertz CT molecular complexity index is 1420. The molecule has 1 aromatic heterocycles. The molecule has 0 radical (unpaired) electrons. The minimum absolute atomic E-state index is 0.0791. The van der Waals surface area contributed by atoms with Gasteiger partial charge in [0.15, 0.2) is 5.43 Å². The van der Waals surface area contributed by atoms with Crippen LogP contribution in [0.5, 0.6) is 0 Å². The number of para-hydroxylation sites is 2. The van der Waals surface area contributed by atoms with Gasteiger partial charge in [-0.05, 0) is 55.3 Å². The average molecular weight is 455 g/mol. The maximum absolute atomic E-state index is 13.0. The van der Waals surface area contributed by atoms with Crippen LogP contribution in [0.25, 0.3) is 22.3 Å². The second-order valence-electron chi connectivity index (χ2n) is 8.58. The predicted molar refractivity (Wildman–Crippen MR) is 135 cm³/mol. The fraction of sp³-hybridized carbons (Fsp3) is 0.214. The monoisotopic (exact) mass is 454 g/mol. The highest BCUT2D eigenvalue weighted by molar-refractivity contribution is 6.06. The summed E-state index contributed by atoms with van der Waals surface area (Å²) in [4.78, 5) is 27.9. The van der Waals surface area contributed by atoms with Crippen LogP contribution in [0, 0.1) is 13.8 Å². The fourth-order valence-electron chi connectivity index (χ4n) is 4.39. The number of carbonyl (C=O) groups is 1. The third-order valence-electron chi connectivity index (χ3n) is 6.09. The van der Waals surface area contributed by atoms with Crippen LogP contribution in [0.4, 0.5) is 11.4 Å². The lowest BCUT2D eigenvalue weighted by Crippen LogP contribution is -2.36. The number of nitrogens with one attached hydrogen (secondary N) is 1. The summed E-state index contributed by atoms with van der Waals surface area (Å²) in [5.74, 6) is 0.285. The third-order valence-corrected chi connectivity index (χ3v) is 6.09. The molecule has 0 saturated carbocycles. The highest BCUT2D eigenvalue weighted by atomic mass is 16.5. The number of amides is 1. The van der Waals surface area contributed by atoms with Crippen LogP contribution in [0.3, 0.4) is 0 Å². The van der Waals surface area contributed by atoms with Gasteiger partial charge in [-0.1, -0.05) is 30.3 Å². The Balaban J connectivity index is 1.39. The van der Waals surface area contributed by atoms with Crippen LogP contribution in [-0.2, 0) is 4.74 Å². The van der Waals surface area contributed by atoms with Crippen molar-refractivity contribution in [3.63, 3.8) is 0 Å². The lowest BCUT2D eigenvalue weighted by Gasteiger charge is -2.30. The summed E-state index contributed by atoms with van der Waals surface area (Å²) in [6, 6.07) is 20.2. The second-order valence-corrected chi connectivity index (χ2v) is 8.58. The molecule has 3 aromatic carbocycles. The van der Waals surface area contributed by atoms with Gasteiger partial charge in [0.2, 0.25) is 0 Å². The summed E-state index contributed by atoms with van der Waals surface area (Å²) in [5, 5.41) is 3.61. The summed E-state index contributed by atoms with van der Waals surface area (Å²) in [6.45, 7) is 6.82. The molecule has 0 atom stereocenters. The molecule has 2 heterocycles. The minimum Gasteiger partial charge on any atom is -0.456 e. The first-order chi connectivity index (χ1) is 16.5. The van der Waals surface area contributed by atoms with Crippen LogP contribution >= 0.6 is 0 Å². The zero-order chi connectivity index (χ0) is 23.7. The van der Waals surface area contributed by atoms with Gasteiger partial charge in [0.25, 0.3) is 5.91 Å².